The molecular formula is C17H16ClN3O2. The molecule has 0 spiro atoms. The molecular weight excluding hydrogens is 314 g/mol. The van der Waals surface area contributed by atoms with Crippen LogP contribution in [0.5, 0.6) is 5.75 Å². The number of hydrogen-bond acceptors (Lipinski definition) is 4. The Morgan fingerprint density at radius 1 is 1.26 bits per heavy atom. The van der Waals surface area contributed by atoms with Crippen LogP contribution in [0.3, 0.4) is 0 Å². The minimum absolute atomic E-state index is 0.216. The zero-order chi connectivity index (χ0) is 16.8. The summed E-state index contributed by atoms with van der Waals surface area (Å²) in [4.78, 5) is 12.2. The normalized spacial score (nSPS) is 11.2. The van der Waals surface area contributed by atoms with Gasteiger partial charge in [0.2, 0.25) is 5.91 Å². The third kappa shape index (κ3) is 4.38. The predicted octanol–water partition coefficient (Wildman–Crippen LogP) is 3.66. The van der Waals surface area contributed by atoms with E-state index in [1.165, 1.54) is 0 Å². The lowest BCUT2D eigenvalue weighted by atomic mass is 10.2. The highest BCUT2D eigenvalue weighted by atomic mass is 35.5. The zero-order valence-electron chi connectivity index (χ0n) is 12.8. The van der Waals surface area contributed by atoms with E-state index >= 15 is 0 Å². The summed E-state index contributed by atoms with van der Waals surface area (Å²) >= 11 is 6.06. The van der Waals surface area contributed by atoms with Crippen molar-refractivity contribution < 1.29 is 9.53 Å². The monoisotopic (exact) mass is 329 g/mol. The maximum atomic E-state index is 12.2. The Labute approximate surface area is 139 Å². The Bertz CT molecular complexity index is 756. The number of nitriles is 1. The summed E-state index contributed by atoms with van der Waals surface area (Å²) in [5.41, 5.74) is 1.78. The maximum Gasteiger partial charge on any atom is 0.246 e. The smallest absolute Gasteiger partial charge is 0.246 e. The molecule has 0 radical (unpaired) electrons. The topological polar surface area (TPSA) is 74.2 Å². The van der Waals surface area contributed by atoms with E-state index in [1.807, 2.05) is 6.07 Å². The van der Waals surface area contributed by atoms with Crippen LogP contribution in [-0.4, -0.2) is 19.1 Å². The molecule has 0 aliphatic rings. The Morgan fingerprint density at radius 2 is 2.04 bits per heavy atom. The molecule has 6 heteroatoms. The Balaban J connectivity index is 2.02. The number of methoxy groups -OCH3 is 1. The number of rotatable bonds is 5. The summed E-state index contributed by atoms with van der Waals surface area (Å²) in [5, 5.41) is 15.2. The molecule has 0 unspecified atom stereocenters. The van der Waals surface area contributed by atoms with Crippen molar-refractivity contribution in [3.05, 3.63) is 53.1 Å². The average molecular weight is 330 g/mol. The first kappa shape index (κ1) is 16.7. The summed E-state index contributed by atoms with van der Waals surface area (Å²) in [6.45, 7) is 1.74. The van der Waals surface area contributed by atoms with Crippen molar-refractivity contribution in [3.63, 3.8) is 0 Å². The summed E-state index contributed by atoms with van der Waals surface area (Å²) in [7, 11) is 1.54. The zero-order valence-corrected chi connectivity index (χ0v) is 13.5. The van der Waals surface area contributed by atoms with Gasteiger partial charge in [0.25, 0.3) is 0 Å². The van der Waals surface area contributed by atoms with Crippen LogP contribution in [0.4, 0.5) is 11.4 Å². The molecule has 1 atom stereocenters. The fraction of sp³-hybridized carbons (Fsp3) is 0.176. The summed E-state index contributed by atoms with van der Waals surface area (Å²) < 4.78 is 5.09. The van der Waals surface area contributed by atoms with Gasteiger partial charge in [0.1, 0.15) is 11.8 Å². The molecule has 0 aliphatic heterocycles. The molecule has 0 heterocycles. The van der Waals surface area contributed by atoms with E-state index in [9.17, 15) is 4.79 Å². The third-order valence-electron chi connectivity index (χ3n) is 3.19. The van der Waals surface area contributed by atoms with Gasteiger partial charge in [0.15, 0.2) is 0 Å². The van der Waals surface area contributed by atoms with Crippen LogP contribution in [0.25, 0.3) is 0 Å². The average Bonchev–Trinajstić information content (AvgIpc) is 2.55. The number of benzene rings is 2. The fourth-order valence-corrected chi connectivity index (χ4v) is 2.25. The number of halogens is 1. The summed E-state index contributed by atoms with van der Waals surface area (Å²) in [5.74, 6) is 0.356. The predicted molar refractivity (Wildman–Crippen MR) is 90.9 cm³/mol. The highest BCUT2D eigenvalue weighted by Crippen LogP contribution is 2.27. The number of amides is 1. The number of ether oxygens (including phenoxy) is 1. The van der Waals surface area contributed by atoms with E-state index in [0.29, 0.717) is 27.7 Å². The molecule has 0 saturated heterocycles. The molecule has 2 N–H and O–H groups in total. The van der Waals surface area contributed by atoms with Gasteiger partial charge in [-0.25, -0.2) is 0 Å². The van der Waals surface area contributed by atoms with E-state index in [0.717, 1.165) is 0 Å². The molecule has 0 bridgehead atoms. The summed E-state index contributed by atoms with van der Waals surface area (Å²) in [6.07, 6.45) is 0. The van der Waals surface area contributed by atoms with Gasteiger partial charge in [-0.2, -0.15) is 5.26 Å². The second-order valence-electron chi connectivity index (χ2n) is 4.90. The molecule has 0 aliphatic carbocycles. The molecule has 5 nitrogen and oxygen atoms in total. The number of carbonyl (C=O) groups is 1. The standard InChI is InChI=1S/C17H16ClN3O2/c1-11(20-14-6-7-16(23-2)15(18)9-14)17(22)21-13-5-3-4-12(8-13)10-19/h3-9,11,20H,1-2H3,(H,21,22)/t11-/m0/s1. The van der Waals surface area contributed by atoms with Gasteiger partial charge in [-0.15, -0.1) is 0 Å². The van der Waals surface area contributed by atoms with Crippen LogP contribution in [-0.2, 0) is 4.79 Å². The highest BCUT2D eigenvalue weighted by Gasteiger charge is 2.13. The van der Waals surface area contributed by atoms with Gasteiger partial charge < -0.3 is 15.4 Å². The highest BCUT2D eigenvalue weighted by molar-refractivity contribution is 6.32. The van der Waals surface area contributed by atoms with Gasteiger partial charge >= 0.3 is 0 Å². The molecule has 2 rings (SSSR count). The maximum absolute atomic E-state index is 12.2. The SMILES string of the molecule is COc1ccc(N[C@@H](C)C(=O)Nc2cccc(C#N)c2)cc1Cl. The minimum atomic E-state index is -0.481. The number of hydrogen-bond donors (Lipinski definition) is 2. The number of anilines is 2. The first-order valence-electron chi connectivity index (χ1n) is 6.94. The Kier molecular flexibility index (Phi) is 5.45. The molecule has 2 aromatic rings. The van der Waals surface area contributed by atoms with Crippen LogP contribution in [0.15, 0.2) is 42.5 Å². The van der Waals surface area contributed by atoms with Crippen molar-refractivity contribution in [2.24, 2.45) is 0 Å². The van der Waals surface area contributed by atoms with Crippen LogP contribution in [0, 0.1) is 11.3 Å². The van der Waals surface area contributed by atoms with Crippen molar-refractivity contribution >= 4 is 28.9 Å². The van der Waals surface area contributed by atoms with E-state index in [2.05, 4.69) is 10.6 Å². The molecule has 118 valence electrons. The number of nitrogens with one attached hydrogen (secondary N) is 2. The van der Waals surface area contributed by atoms with Gasteiger partial charge in [-0.1, -0.05) is 17.7 Å². The number of nitrogens with zero attached hydrogens (tertiary/aromatic N) is 1. The van der Waals surface area contributed by atoms with Gasteiger partial charge in [0, 0.05) is 11.4 Å². The molecule has 23 heavy (non-hydrogen) atoms. The quantitative estimate of drug-likeness (QED) is 0.878. The molecule has 0 aromatic heterocycles. The largest absolute Gasteiger partial charge is 0.495 e. The lowest BCUT2D eigenvalue weighted by Gasteiger charge is -2.16. The van der Waals surface area contributed by atoms with E-state index in [-0.39, 0.29) is 5.91 Å². The van der Waals surface area contributed by atoms with Crippen molar-refractivity contribution in [1.29, 1.82) is 5.26 Å². The van der Waals surface area contributed by atoms with Crippen molar-refractivity contribution in [3.8, 4) is 11.8 Å². The lowest BCUT2D eigenvalue weighted by Crippen LogP contribution is -2.31. The second kappa shape index (κ2) is 7.52. The van der Waals surface area contributed by atoms with Gasteiger partial charge in [-0.3, -0.25) is 4.79 Å². The lowest BCUT2D eigenvalue weighted by molar-refractivity contribution is -0.116. The van der Waals surface area contributed by atoms with Crippen LogP contribution in [0.1, 0.15) is 12.5 Å². The van der Waals surface area contributed by atoms with E-state index < -0.39 is 6.04 Å². The second-order valence-corrected chi connectivity index (χ2v) is 5.30. The Morgan fingerprint density at radius 3 is 2.70 bits per heavy atom. The van der Waals surface area contributed by atoms with E-state index in [4.69, 9.17) is 21.6 Å². The van der Waals surface area contributed by atoms with Crippen molar-refractivity contribution in [2.75, 3.05) is 17.7 Å². The van der Waals surface area contributed by atoms with Crippen LogP contribution >= 0.6 is 11.6 Å². The fourth-order valence-electron chi connectivity index (χ4n) is 1.99. The molecule has 0 fully saturated rings. The first-order valence-corrected chi connectivity index (χ1v) is 7.32. The molecule has 0 saturated carbocycles. The summed E-state index contributed by atoms with van der Waals surface area (Å²) in [6, 6.07) is 13.5. The minimum Gasteiger partial charge on any atom is -0.495 e. The first-order chi connectivity index (χ1) is 11.0. The number of carbonyl (C=O) groups excluding carboxylic acids is 1. The van der Waals surface area contributed by atoms with Crippen LogP contribution in [0.2, 0.25) is 5.02 Å². The van der Waals surface area contributed by atoms with Gasteiger partial charge in [-0.05, 0) is 43.3 Å². The van der Waals surface area contributed by atoms with Crippen molar-refractivity contribution in [2.45, 2.75) is 13.0 Å². The van der Waals surface area contributed by atoms with E-state index in [1.54, 1.807) is 56.5 Å². The van der Waals surface area contributed by atoms with Crippen LogP contribution < -0.4 is 15.4 Å². The molecule has 2 aromatic carbocycles. The third-order valence-corrected chi connectivity index (χ3v) is 3.48. The van der Waals surface area contributed by atoms with Gasteiger partial charge in [0.05, 0.1) is 23.8 Å². The molecule has 1 amide bonds. The Hall–Kier alpha value is -2.71. The van der Waals surface area contributed by atoms with Crippen molar-refractivity contribution in [1.82, 2.24) is 0 Å².